The molecule has 0 saturated carbocycles. The zero-order chi connectivity index (χ0) is 9.26. The molecule has 0 radical (unpaired) electrons. The smallest absolute Gasteiger partial charge is 0.0719 e. The second-order valence-corrected chi connectivity index (χ2v) is 6.07. The van der Waals surface area contributed by atoms with E-state index in [1.807, 2.05) is 0 Å². The summed E-state index contributed by atoms with van der Waals surface area (Å²) in [5.41, 5.74) is 1.39. The lowest BCUT2D eigenvalue weighted by molar-refractivity contribution is 0.438. The Kier molecular flexibility index (Phi) is 2.94. The van der Waals surface area contributed by atoms with Crippen molar-refractivity contribution in [3.05, 3.63) is 15.2 Å². The minimum atomic E-state index is 0.915. The minimum Gasteiger partial charge on any atom is -0.371 e. The molecule has 0 N–H and O–H groups in total. The molecule has 1 aliphatic heterocycles. The quantitative estimate of drug-likeness (QED) is 0.743. The Morgan fingerprint density at radius 1 is 1.46 bits per heavy atom. The number of rotatable bonds is 1. The summed E-state index contributed by atoms with van der Waals surface area (Å²) in [4.78, 5) is 2.49. The van der Waals surface area contributed by atoms with Crippen molar-refractivity contribution in [3.63, 3.8) is 0 Å². The molecule has 0 atom stereocenters. The molecule has 1 fully saturated rings. The van der Waals surface area contributed by atoms with E-state index in [4.69, 9.17) is 0 Å². The van der Waals surface area contributed by atoms with Crippen LogP contribution in [0, 0.1) is 5.92 Å². The summed E-state index contributed by atoms with van der Waals surface area (Å²) in [6, 6.07) is 2.22. The lowest BCUT2D eigenvalue weighted by Gasteiger charge is -2.31. The fourth-order valence-corrected chi connectivity index (χ4v) is 2.89. The highest BCUT2D eigenvalue weighted by atomic mass is 79.9. The van der Waals surface area contributed by atoms with Gasteiger partial charge >= 0.3 is 0 Å². The van der Waals surface area contributed by atoms with Gasteiger partial charge in [-0.15, -0.1) is 11.3 Å². The molecule has 0 aliphatic carbocycles. The molecule has 13 heavy (non-hydrogen) atoms. The molecule has 1 aromatic heterocycles. The van der Waals surface area contributed by atoms with Crippen LogP contribution in [0.3, 0.4) is 0 Å². The van der Waals surface area contributed by atoms with E-state index in [1.54, 1.807) is 11.3 Å². The molecule has 0 amide bonds. The summed E-state index contributed by atoms with van der Waals surface area (Å²) in [5.74, 6) is 0.915. The highest BCUT2D eigenvalue weighted by Crippen LogP contribution is 2.30. The van der Waals surface area contributed by atoms with Crippen LogP contribution in [0.25, 0.3) is 0 Å². The molecule has 2 heterocycles. The summed E-state index contributed by atoms with van der Waals surface area (Å²) in [6.07, 6.45) is 2.68. The normalized spacial score (nSPS) is 19.4. The molecule has 0 unspecified atom stereocenters. The Morgan fingerprint density at radius 3 is 2.69 bits per heavy atom. The molecule has 0 bridgehead atoms. The number of hydrogen-bond donors (Lipinski definition) is 0. The fourth-order valence-electron chi connectivity index (χ4n) is 1.73. The number of nitrogens with zero attached hydrogens (tertiary/aromatic N) is 1. The van der Waals surface area contributed by atoms with Crippen molar-refractivity contribution in [2.75, 3.05) is 18.0 Å². The van der Waals surface area contributed by atoms with Gasteiger partial charge in [0.15, 0.2) is 0 Å². The van der Waals surface area contributed by atoms with Crippen LogP contribution in [-0.4, -0.2) is 13.1 Å². The number of anilines is 1. The monoisotopic (exact) mass is 259 g/mol. The zero-order valence-corrected chi connectivity index (χ0v) is 10.2. The van der Waals surface area contributed by atoms with Gasteiger partial charge in [-0.1, -0.05) is 6.92 Å². The maximum atomic E-state index is 3.50. The summed E-state index contributed by atoms with van der Waals surface area (Å²) in [6.45, 7) is 4.80. The standard InChI is InChI=1S/C10H14BrNS/c1-8-2-4-12(5-3-8)9-6-10(11)13-7-9/h6-8H,2-5H2,1H3. The SMILES string of the molecule is CC1CCN(c2csc(Br)c2)CC1. The van der Waals surface area contributed by atoms with E-state index in [-0.39, 0.29) is 0 Å². The van der Waals surface area contributed by atoms with E-state index in [1.165, 1.54) is 35.4 Å². The highest BCUT2D eigenvalue weighted by Gasteiger charge is 2.16. The van der Waals surface area contributed by atoms with E-state index in [2.05, 4.69) is 39.2 Å². The molecule has 1 nitrogen and oxygen atoms in total. The molecular weight excluding hydrogens is 246 g/mol. The molecule has 2 rings (SSSR count). The maximum Gasteiger partial charge on any atom is 0.0719 e. The van der Waals surface area contributed by atoms with Gasteiger partial charge in [-0.05, 0) is 40.8 Å². The average molecular weight is 260 g/mol. The second-order valence-electron chi connectivity index (χ2n) is 3.78. The Morgan fingerprint density at radius 2 is 2.15 bits per heavy atom. The van der Waals surface area contributed by atoms with Crippen molar-refractivity contribution in [3.8, 4) is 0 Å². The Labute approximate surface area is 91.9 Å². The first-order valence-electron chi connectivity index (χ1n) is 4.74. The summed E-state index contributed by atoms with van der Waals surface area (Å²) in [7, 11) is 0. The summed E-state index contributed by atoms with van der Waals surface area (Å²) >= 11 is 5.28. The summed E-state index contributed by atoms with van der Waals surface area (Å²) < 4.78 is 1.24. The van der Waals surface area contributed by atoms with Crippen LogP contribution >= 0.6 is 27.3 Å². The molecule has 3 heteroatoms. The number of hydrogen-bond acceptors (Lipinski definition) is 2. The van der Waals surface area contributed by atoms with E-state index in [0.29, 0.717) is 0 Å². The van der Waals surface area contributed by atoms with Crippen molar-refractivity contribution < 1.29 is 0 Å². The maximum absolute atomic E-state index is 3.50. The molecule has 0 aromatic carbocycles. The molecular formula is C10H14BrNS. The van der Waals surface area contributed by atoms with Gasteiger partial charge in [0.2, 0.25) is 0 Å². The largest absolute Gasteiger partial charge is 0.371 e. The van der Waals surface area contributed by atoms with Gasteiger partial charge in [0.1, 0.15) is 0 Å². The van der Waals surface area contributed by atoms with Crippen molar-refractivity contribution >= 4 is 33.0 Å². The van der Waals surface area contributed by atoms with Crippen LogP contribution < -0.4 is 4.90 Å². The van der Waals surface area contributed by atoms with E-state index in [0.717, 1.165) is 5.92 Å². The van der Waals surface area contributed by atoms with Crippen molar-refractivity contribution in [2.45, 2.75) is 19.8 Å². The van der Waals surface area contributed by atoms with E-state index in [9.17, 15) is 0 Å². The van der Waals surface area contributed by atoms with E-state index < -0.39 is 0 Å². The number of piperidine rings is 1. The van der Waals surface area contributed by atoms with Crippen molar-refractivity contribution in [2.24, 2.45) is 5.92 Å². The van der Waals surface area contributed by atoms with Crippen LogP contribution in [0.2, 0.25) is 0 Å². The number of halogens is 1. The first kappa shape index (κ1) is 9.53. The Bertz CT molecular complexity index is 276. The molecule has 1 aliphatic rings. The number of thiophene rings is 1. The van der Waals surface area contributed by atoms with E-state index >= 15 is 0 Å². The van der Waals surface area contributed by atoms with Gasteiger partial charge in [0.05, 0.1) is 3.79 Å². The zero-order valence-electron chi connectivity index (χ0n) is 7.79. The van der Waals surface area contributed by atoms with Crippen LogP contribution in [0.15, 0.2) is 15.2 Å². The molecule has 72 valence electrons. The van der Waals surface area contributed by atoms with Gasteiger partial charge in [-0.2, -0.15) is 0 Å². The van der Waals surface area contributed by atoms with Crippen LogP contribution in [-0.2, 0) is 0 Å². The second kappa shape index (κ2) is 4.01. The molecule has 0 spiro atoms. The highest BCUT2D eigenvalue weighted by molar-refractivity contribution is 9.11. The summed E-state index contributed by atoms with van der Waals surface area (Å²) in [5, 5.41) is 2.24. The van der Waals surface area contributed by atoms with Gasteiger partial charge in [0, 0.05) is 24.2 Å². The first-order chi connectivity index (χ1) is 6.25. The predicted octanol–water partition coefficient (Wildman–Crippen LogP) is 3.75. The lowest BCUT2D eigenvalue weighted by atomic mass is 9.99. The van der Waals surface area contributed by atoms with Crippen LogP contribution in [0.5, 0.6) is 0 Å². The predicted molar refractivity (Wildman–Crippen MR) is 62.6 cm³/mol. The third kappa shape index (κ3) is 2.26. The molecule has 1 saturated heterocycles. The average Bonchev–Trinajstić information content (AvgIpc) is 2.53. The van der Waals surface area contributed by atoms with Gasteiger partial charge in [-0.25, -0.2) is 0 Å². The topological polar surface area (TPSA) is 3.24 Å². The third-order valence-corrected chi connectivity index (χ3v) is 4.19. The Balaban J connectivity index is 2.02. The van der Waals surface area contributed by atoms with Gasteiger partial charge in [0.25, 0.3) is 0 Å². The fraction of sp³-hybridized carbons (Fsp3) is 0.600. The van der Waals surface area contributed by atoms with Crippen molar-refractivity contribution in [1.82, 2.24) is 0 Å². The third-order valence-electron chi connectivity index (χ3n) is 2.70. The first-order valence-corrected chi connectivity index (χ1v) is 6.42. The lowest BCUT2D eigenvalue weighted by Crippen LogP contribution is -2.32. The molecule has 1 aromatic rings. The van der Waals surface area contributed by atoms with Crippen LogP contribution in [0.4, 0.5) is 5.69 Å². The van der Waals surface area contributed by atoms with Gasteiger partial charge < -0.3 is 4.90 Å². The van der Waals surface area contributed by atoms with Crippen LogP contribution in [0.1, 0.15) is 19.8 Å². The van der Waals surface area contributed by atoms with Crippen molar-refractivity contribution in [1.29, 1.82) is 0 Å². The Hall–Kier alpha value is -0.0200. The minimum absolute atomic E-state index is 0.915. The van der Waals surface area contributed by atoms with Gasteiger partial charge in [-0.3, -0.25) is 0 Å².